The molecule has 0 aromatic carbocycles. The fourth-order valence-electron chi connectivity index (χ4n) is 0.388. The van der Waals surface area contributed by atoms with Gasteiger partial charge in [-0.1, -0.05) is 18.7 Å². The molecule has 0 bridgehead atoms. The van der Waals surface area contributed by atoms with Crippen LogP contribution in [0.3, 0.4) is 0 Å². The molecular formula is C8H12FN. The van der Waals surface area contributed by atoms with E-state index in [9.17, 15) is 4.39 Å². The topological polar surface area (TPSA) is 26.0 Å². The van der Waals surface area contributed by atoms with Gasteiger partial charge < -0.3 is 5.73 Å². The van der Waals surface area contributed by atoms with E-state index in [4.69, 9.17) is 5.73 Å². The van der Waals surface area contributed by atoms with Gasteiger partial charge in [-0.15, -0.1) is 0 Å². The molecule has 0 aliphatic heterocycles. The SMILES string of the molecule is C=C/C(N)=C\C=C/C(C)F. The van der Waals surface area contributed by atoms with Crippen LogP contribution in [0.4, 0.5) is 4.39 Å². The lowest BCUT2D eigenvalue weighted by Gasteiger charge is -1.87. The van der Waals surface area contributed by atoms with E-state index in [1.807, 2.05) is 0 Å². The van der Waals surface area contributed by atoms with Crippen LogP contribution >= 0.6 is 0 Å². The lowest BCUT2D eigenvalue weighted by molar-refractivity contribution is 0.430. The molecule has 0 aromatic rings. The van der Waals surface area contributed by atoms with Crippen LogP contribution < -0.4 is 5.73 Å². The van der Waals surface area contributed by atoms with Crippen LogP contribution in [0.15, 0.2) is 36.6 Å². The van der Waals surface area contributed by atoms with Crippen molar-refractivity contribution in [2.75, 3.05) is 0 Å². The summed E-state index contributed by atoms with van der Waals surface area (Å²) in [4.78, 5) is 0. The van der Waals surface area contributed by atoms with Crippen molar-refractivity contribution in [1.82, 2.24) is 0 Å². The minimum Gasteiger partial charge on any atom is -0.399 e. The van der Waals surface area contributed by atoms with Gasteiger partial charge in [-0.3, -0.25) is 0 Å². The van der Waals surface area contributed by atoms with Gasteiger partial charge >= 0.3 is 0 Å². The zero-order valence-electron chi connectivity index (χ0n) is 6.05. The monoisotopic (exact) mass is 141 g/mol. The standard InChI is InChI=1S/C8H12FN/c1-3-8(10)6-4-5-7(2)9/h3-7H,1,10H2,2H3/b5-4-,8-6+. The van der Waals surface area contributed by atoms with Crippen LogP contribution in [0.5, 0.6) is 0 Å². The van der Waals surface area contributed by atoms with Crippen molar-refractivity contribution in [2.45, 2.75) is 13.1 Å². The van der Waals surface area contributed by atoms with Gasteiger partial charge in [-0.25, -0.2) is 4.39 Å². The average molecular weight is 141 g/mol. The molecule has 2 heteroatoms. The maximum absolute atomic E-state index is 12.1. The fourth-order valence-corrected chi connectivity index (χ4v) is 0.388. The van der Waals surface area contributed by atoms with Gasteiger partial charge in [0.1, 0.15) is 6.17 Å². The summed E-state index contributed by atoms with van der Waals surface area (Å²) in [6.07, 6.45) is 5.17. The molecule has 56 valence electrons. The normalized spacial score (nSPS) is 15.6. The van der Waals surface area contributed by atoms with Crippen molar-refractivity contribution in [3.05, 3.63) is 36.6 Å². The van der Waals surface area contributed by atoms with E-state index in [1.165, 1.54) is 19.1 Å². The number of halogens is 1. The maximum atomic E-state index is 12.1. The largest absolute Gasteiger partial charge is 0.399 e. The van der Waals surface area contributed by atoms with Gasteiger partial charge in [0.05, 0.1) is 0 Å². The van der Waals surface area contributed by atoms with Crippen LogP contribution in [-0.4, -0.2) is 6.17 Å². The molecule has 1 unspecified atom stereocenters. The first-order valence-electron chi connectivity index (χ1n) is 3.07. The third kappa shape index (κ3) is 5.09. The average Bonchev–Trinajstić information content (AvgIpc) is 1.87. The first kappa shape index (κ1) is 8.95. The Balaban J connectivity index is 3.81. The van der Waals surface area contributed by atoms with Crippen molar-refractivity contribution in [3.63, 3.8) is 0 Å². The number of allylic oxidation sites excluding steroid dienone is 4. The summed E-state index contributed by atoms with van der Waals surface area (Å²) in [6.45, 7) is 4.89. The summed E-state index contributed by atoms with van der Waals surface area (Å²) in [7, 11) is 0. The van der Waals surface area contributed by atoms with Crippen molar-refractivity contribution >= 4 is 0 Å². The number of hydrogen-bond donors (Lipinski definition) is 1. The zero-order chi connectivity index (χ0) is 7.98. The number of hydrogen-bond acceptors (Lipinski definition) is 1. The molecule has 0 aliphatic carbocycles. The number of rotatable bonds is 3. The molecule has 0 amide bonds. The molecule has 1 nitrogen and oxygen atoms in total. The van der Waals surface area contributed by atoms with Crippen LogP contribution in [0.1, 0.15) is 6.92 Å². The van der Waals surface area contributed by atoms with Crippen molar-refractivity contribution < 1.29 is 4.39 Å². The highest BCUT2D eigenvalue weighted by Gasteiger charge is 1.84. The molecule has 0 spiro atoms. The van der Waals surface area contributed by atoms with Crippen molar-refractivity contribution in [3.8, 4) is 0 Å². The summed E-state index contributed by atoms with van der Waals surface area (Å²) in [6, 6.07) is 0. The highest BCUT2D eigenvalue weighted by atomic mass is 19.1. The number of nitrogens with two attached hydrogens (primary N) is 1. The predicted octanol–water partition coefficient (Wildman–Crippen LogP) is 1.93. The molecule has 0 radical (unpaired) electrons. The highest BCUT2D eigenvalue weighted by Crippen LogP contribution is 1.91. The first-order chi connectivity index (χ1) is 4.66. The van der Waals surface area contributed by atoms with Crippen LogP contribution in [0.25, 0.3) is 0 Å². The zero-order valence-corrected chi connectivity index (χ0v) is 6.05. The minimum atomic E-state index is -0.922. The van der Waals surface area contributed by atoms with E-state index in [0.717, 1.165) is 0 Å². The molecule has 0 aromatic heterocycles. The van der Waals surface area contributed by atoms with Crippen molar-refractivity contribution in [1.29, 1.82) is 0 Å². The van der Waals surface area contributed by atoms with Gasteiger partial charge in [0, 0.05) is 5.70 Å². The van der Waals surface area contributed by atoms with Gasteiger partial charge in [0.15, 0.2) is 0 Å². The Kier molecular flexibility index (Phi) is 4.29. The van der Waals surface area contributed by atoms with E-state index >= 15 is 0 Å². The van der Waals surface area contributed by atoms with Crippen LogP contribution in [-0.2, 0) is 0 Å². The van der Waals surface area contributed by atoms with E-state index in [-0.39, 0.29) is 0 Å². The summed E-state index contributed by atoms with van der Waals surface area (Å²) in [5, 5.41) is 0. The molecule has 0 saturated carbocycles. The van der Waals surface area contributed by atoms with E-state index in [2.05, 4.69) is 6.58 Å². The van der Waals surface area contributed by atoms with Crippen LogP contribution in [0.2, 0.25) is 0 Å². The van der Waals surface area contributed by atoms with Gasteiger partial charge in [0.2, 0.25) is 0 Å². The maximum Gasteiger partial charge on any atom is 0.116 e. The van der Waals surface area contributed by atoms with E-state index in [0.29, 0.717) is 5.70 Å². The molecule has 0 fully saturated rings. The molecule has 1 atom stereocenters. The smallest absolute Gasteiger partial charge is 0.116 e. The molecular weight excluding hydrogens is 129 g/mol. The summed E-state index contributed by atoms with van der Waals surface area (Å²) in [5.74, 6) is 0. The Morgan fingerprint density at radius 1 is 1.70 bits per heavy atom. The molecule has 0 aliphatic rings. The molecule has 10 heavy (non-hydrogen) atoms. The minimum absolute atomic E-state index is 0.539. The highest BCUT2D eigenvalue weighted by molar-refractivity contribution is 5.18. The summed E-state index contributed by atoms with van der Waals surface area (Å²) in [5.41, 5.74) is 5.87. The second-order valence-electron chi connectivity index (χ2n) is 1.93. The van der Waals surface area contributed by atoms with Gasteiger partial charge in [0.25, 0.3) is 0 Å². The Morgan fingerprint density at radius 3 is 2.70 bits per heavy atom. The second-order valence-corrected chi connectivity index (χ2v) is 1.93. The van der Waals surface area contributed by atoms with Crippen LogP contribution in [0, 0.1) is 0 Å². The lowest BCUT2D eigenvalue weighted by atomic mass is 10.3. The Bertz CT molecular complexity index is 157. The third-order valence-electron chi connectivity index (χ3n) is 0.901. The molecule has 0 heterocycles. The van der Waals surface area contributed by atoms with E-state index in [1.54, 1.807) is 12.2 Å². The van der Waals surface area contributed by atoms with Gasteiger partial charge in [-0.2, -0.15) is 0 Å². The summed E-state index contributed by atoms with van der Waals surface area (Å²) >= 11 is 0. The second kappa shape index (κ2) is 4.79. The molecule has 2 N–H and O–H groups in total. The van der Waals surface area contributed by atoms with Gasteiger partial charge in [-0.05, 0) is 19.1 Å². The quantitative estimate of drug-likeness (QED) is 0.597. The molecule has 0 rings (SSSR count). The Morgan fingerprint density at radius 2 is 2.30 bits per heavy atom. The third-order valence-corrected chi connectivity index (χ3v) is 0.901. The Labute approximate surface area is 60.7 Å². The fraction of sp³-hybridized carbons (Fsp3) is 0.250. The lowest BCUT2D eigenvalue weighted by Crippen LogP contribution is -1.90. The molecule has 0 saturated heterocycles. The predicted molar refractivity (Wildman–Crippen MR) is 42.2 cm³/mol. The summed E-state index contributed by atoms with van der Waals surface area (Å²) < 4.78 is 12.1. The van der Waals surface area contributed by atoms with E-state index < -0.39 is 6.17 Å². The Hall–Kier alpha value is -1.05. The van der Waals surface area contributed by atoms with Crippen molar-refractivity contribution in [2.24, 2.45) is 5.73 Å². The number of alkyl halides is 1. The first-order valence-corrected chi connectivity index (χ1v) is 3.07.